The molecule has 1 aromatic carbocycles. The first-order valence-corrected chi connectivity index (χ1v) is 8.43. The zero-order chi connectivity index (χ0) is 12.0. The number of anilines is 1. The van der Waals surface area contributed by atoms with Gasteiger partial charge in [0, 0.05) is 10.9 Å². The van der Waals surface area contributed by atoms with E-state index in [0.29, 0.717) is 0 Å². The summed E-state index contributed by atoms with van der Waals surface area (Å²) in [6, 6.07) is 9.79. The quantitative estimate of drug-likeness (QED) is 0.734. The molecule has 3 nitrogen and oxygen atoms in total. The van der Waals surface area contributed by atoms with Crippen LogP contribution in [0.2, 0.25) is 0 Å². The van der Waals surface area contributed by atoms with Gasteiger partial charge in [-0.2, -0.15) is 0 Å². The van der Waals surface area contributed by atoms with Crippen LogP contribution in [0.5, 0.6) is 0 Å². The third-order valence-electron chi connectivity index (χ3n) is 3.09. The summed E-state index contributed by atoms with van der Waals surface area (Å²) in [4.78, 5) is 2.00. The molecule has 2 heterocycles. The van der Waals surface area contributed by atoms with Gasteiger partial charge in [-0.1, -0.05) is 42.2 Å². The number of nitrogens with zero attached hydrogens (tertiary/aromatic N) is 1. The Morgan fingerprint density at radius 2 is 1.94 bits per heavy atom. The van der Waals surface area contributed by atoms with E-state index in [2.05, 4.69) is 0 Å². The average molecular weight is 285 g/mol. The molecule has 2 fully saturated rings. The molecule has 2 atom stereocenters. The molecular formula is C11H11NO2S3. The molecule has 0 saturated carbocycles. The van der Waals surface area contributed by atoms with E-state index in [1.165, 1.54) is 11.8 Å². The minimum absolute atomic E-state index is 0.0138. The summed E-state index contributed by atoms with van der Waals surface area (Å²) >= 11 is 6.87. The van der Waals surface area contributed by atoms with Crippen LogP contribution in [-0.2, 0) is 9.84 Å². The van der Waals surface area contributed by atoms with Crippen molar-refractivity contribution in [1.82, 2.24) is 0 Å². The number of benzene rings is 1. The molecule has 0 amide bonds. The molecule has 3 rings (SSSR count). The lowest BCUT2D eigenvalue weighted by Gasteiger charge is -2.23. The van der Waals surface area contributed by atoms with Crippen molar-refractivity contribution < 1.29 is 8.42 Å². The second-order valence-electron chi connectivity index (χ2n) is 4.27. The molecule has 0 aromatic heterocycles. The summed E-state index contributed by atoms with van der Waals surface area (Å²) in [5.41, 5.74) is 0.995. The Morgan fingerprint density at radius 1 is 1.24 bits per heavy atom. The van der Waals surface area contributed by atoms with Crippen molar-refractivity contribution in [3.63, 3.8) is 0 Å². The van der Waals surface area contributed by atoms with E-state index in [0.717, 1.165) is 10.0 Å². The molecule has 90 valence electrons. The van der Waals surface area contributed by atoms with Crippen molar-refractivity contribution in [2.75, 3.05) is 16.4 Å². The molecule has 0 aliphatic carbocycles. The number of thiocarbonyl (C=S) groups is 1. The van der Waals surface area contributed by atoms with Crippen molar-refractivity contribution in [3.8, 4) is 0 Å². The van der Waals surface area contributed by atoms with Gasteiger partial charge in [-0.25, -0.2) is 8.42 Å². The average Bonchev–Trinajstić information content (AvgIpc) is 2.69. The van der Waals surface area contributed by atoms with E-state index in [9.17, 15) is 8.42 Å². The van der Waals surface area contributed by atoms with Crippen molar-refractivity contribution in [3.05, 3.63) is 30.3 Å². The molecule has 2 saturated heterocycles. The summed E-state index contributed by atoms with van der Waals surface area (Å²) in [7, 11) is -2.89. The zero-order valence-corrected chi connectivity index (χ0v) is 11.4. The van der Waals surface area contributed by atoms with Crippen LogP contribution in [-0.4, -0.2) is 35.5 Å². The van der Waals surface area contributed by atoms with Crippen LogP contribution in [0.3, 0.4) is 0 Å². The maximum Gasteiger partial charge on any atom is 0.153 e. The number of para-hydroxylation sites is 1. The Hall–Kier alpha value is -0.590. The van der Waals surface area contributed by atoms with E-state index in [-0.39, 0.29) is 22.8 Å². The maximum absolute atomic E-state index is 11.6. The fourth-order valence-electron chi connectivity index (χ4n) is 2.36. The highest BCUT2D eigenvalue weighted by molar-refractivity contribution is 8.24. The van der Waals surface area contributed by atoms with Crippen molar-refractivity contribution in [1.29, 1.82) is 0 Å². The van der Waals surface area contributed by atoms with Gasteiger partial charge in [-0.3, -0.25) is 0 Å². The second kappa shape index (κ2) is 3.96. The van der Waals surface area contributed by atoms with Gasteiger partial charge in [0.1, 0.15) is 4.32 Å². The van der Waals surface area contributed by atoms with Gasteiger partial charge in [0.2, 0.25) is 0 Å². The molecule has 2 aliphatic rings. The van der Waals surface area contributed by atoms with Crippen LogP contribution in [0.1, 0.15) is 0 Å². The maximum atomic E-state index is 11.6. The first kappa shape index (κ1) is 11.5. The summed E-state index contributed by atoms with van der Waals surface area (Å²) in [5, 5.41) is 0.104. The topological polar surface area (TPSA) is 37.4 Å². The number of fused-ring (bicyclic) bond motifs is 1. The highest BCUT2D eigenvalue weighted by atomic mass is 32.2. The van der Waals surface area contributed by atoms with Crippen molar-refractivity contribution >= 4 is 43.8 Å². The van der Waals surface area contributed by atoms with Crippen LogP contribution in [0.4, 0.5) is 5.69 Å². The number of rotatable bonds is 1. The molecule has 6 heteroatoms. The molecule has 2 aliphatic heterocycles. The lowest BCUT2D eigenvalue weighted by atomic mass is 10.2. The third kappa shape index (κ3) is 1.98. The van der Waals surface area contributed by atoms with Gasteiger partial charge >= 0.3 is 0 Å². The minimum atomic E-state index is -2.89. The van der Waals surface area contributed by atoms with Gasteiger partial charge in [0.15, 0.2) is 9.84 Å². The Kier molecular flexibility index (Phi) is 2.68. The fourth-order valence-corrected chi connectivity index (χ4v) is 6.73. The Morgan fingerprint density at radius 3 is 2.65 bits per heavy atom. The molecule has 17 heavy (non-hydrogen) atoms. The Bertz CT molecular complexity index is 555. The monoisotopic (exact) mass is 285 g/mol. The van der Waals surface area contributed by atoms with Crippen LogP contribution in [0.15, 0.2) is 30.3 Å². The Labute approximate surface area is 110 Å². The number of hydrogen-bond donors (Lipinski definition) is 0. The van der Waals surface area contributed by atoms with E-state index in [4.69, 9.17) is 12.2 Å². The third-order valence-corrected chi connectivity index (χ3v) is 6.68. The van der Waals surface area contributed by atoms with Gasteiger partial charge in [0.25, 0.3) is 0 Å². The Balaban J connectivity index is 1.98. The number of sulfone groups is 1. The first-order valence-electron chi connectivity index (χ1n) is 5.32. The molecule has 0 N–H and O–H groups in total. The van der Waals surface area contributed by atoms with E-state index >= 15 is 0 Å². The molecule has 1 aromatic rings. The smallest absolute Gasteiger partial charge is 0.153 e. The normalized spacial score (nSPS) is 30.6. The minimum Gasteiger partial charge on any atom is -0.322 e. The zero-order valence-electron chi connectivity index (χ0n) is 8.94. The molecule has 0 spiro atoms. The summed E-state index contributed by atoms with van der Waals surface area (Å²) < 4.78 is 24.1. The highest BCUT2D eigenvalue weighted by Crippen LogP contribution is 2.40. The van der Waals surface area contributed by atoms with Crippen molar-refractivity contribution in [2.45, 2.75) is 11.3 Å². The lowest BCUT2D eigenvalue weighted by molar-refractivity contribution is 0.601. The summed E-state index contributed by atoms with van der Waals surface area (Å²) in [6.07, 6.45) is 0. The van der Waals surface area contributed by atoms with Gasteiger partial charge in [-0.15, -0.1) is 0 Å². The largest absolute Gasteiger partial charge is 0.322 e. The van der Waals surface area contributed by atoms with E-state index in [1.807, 2.05) is 35.2 Å². The summed E-state index contributed by atoms with van der Waals surface area (Å²) in [5.74, 6) is 0.478. The number of hydrogen-bond acceptors (Lipinski definition) is 4. The lowest BCUT2D eigenvalue weighted by Crippen LogP contribution is -2.36. The second-order valence-corrected chi connectivity index (χ2v) is 8.30. The van der Waals surface area contributed by atoms with Crippen LogP contribution in [0, 0.1) is 0 Å². The first-order chi connectivity index (χ1) is 8.07. The SMILES string of the molecule is O=S1(=O)C[C@@H]2SC(=S)N(c3ccccc3)[C@@H]2C1. The van der Waals surface area contributed by atoms with Crippen molar-refractivity contribution in [2.24, 2.45) is 0 Å². The van der Waals surface area contributed by atoms with Gasteiger partial charge in [0.05, 0.1) is 17.5 Å². The van der Waals surface area contributed by atoms with Crippen LogP contribution in [0.25, 0.3) is 0 Å². The predicted octanol–water partition coefficient (Wildman–Crippen LogP) is 1.69. The summed E-state index contributed by atoms with van der Waals surface area (Å²) in [6.45, 7) is 0. The molecule has 0 bridgehead atoms. The van der Waals surface area contributed by atoms with E-state index in [1.54, 1.807) is 0 Å². The molecule has 0 radical (unpaired) electrons. The highest BCUT2D eigenvalue weighted by Gasteiger charge is 2.48. The van der Waals surface area contributed by atoms with Gasteiger partial charge < -0.3 is 4.90 Å². The molecular weight excluding hydrogens is 274 g/mol. The van der Waals surface area contributed by atoms with E-state index < -0.39 is 9.84 Å². The standard InChI is InChI=1S/C11H11NO2S3/c13-17(14)6-9-10(7-17)16-11(15)12(9)8-4-2-1-3-5-8/h1-5,9-10H,6-7H2/t9-,10+/m1/s1. The van der Waals surface area contributed by atoms with Gasteiger partial charge in [-0.05, 0) is 12.1 Å². The van der Waals surface area contributed by atoms with Crippen LogP contribution >= 0.6 is 24.0 Å². The fraction of sp³-hybridized carbons (Fsp3) is 0.364. The predicted molar refractivity (Wildman–Crippen MR) is 75.3 cm³/mol. The molecule has 0 unspecified atom stereocenters. The number of thioether (sulfide) groups is 1. The van der Waals surface area contributed by atoms with Crippen LogP contribution < -0.4 is 4.90 Å².